The number of hydrogen-bond acceptors (Lipinski definition) is 3. The number of rotatable bonds is 4. The summed E-state index contributed by atoms with van der Waals surface area (Å²) < 4.78 is 0. The Hall–Kier alpha value is -2.04. The van der Waals surface area contributed by atoms with Crippen molar-refractivity contribution in [2.75, 3.05) is 13.1 Å². The minimum Gasteiger partial charge on any atom is -0.316 e. The summed E-state index contributed by atoms with van der Waals surface area (Å²) in [6.45, 7) is -0.0870. The van der Waals surface area contributed by atoms with Gasteiger partial charge in [0.2, 0.25) is 5.91 Å². The SMILES string of the molecule is N#CCN(CC#N)C(=O)C1CC1c1ccccc1Cl. The van der Waals surface area contributed by atoms with Crippen LogP contribution in [0, 0.1) is 28.6 Å². The van der Waals surface area contributed by atoms with Gasteiger partial charge in [-0.25, -0.2) is 0 Å². The molecule has 4 nitrogen and oxygen atoms in total. The molecule has 1 amide bonds. The smallest absolute Gasteiger partial charge is 0.228 e. The predicted octanol–water partition coefficient (Wildman–Crippen LogP) is 2.32. The van der Waals surface area contributed by atoms with Crippen LogP contribution >= 0.6 is 11.6 Å². The van der Waals surface area contributed by atoms with Crippen LogP contribution in [0.25, 0.3) is 0 Å². The molecule has 0 heterocycles. The fourth-order valence-electron chi connectivity index (χ4n) is 2.20. The van der Waals surface area contributed by atoms with Gasteiger partial charge in [-0.05, 0) is 24.0 Å². The van der Waals surface area contributed by atoms with Crippen LogP contribution in [0.5, 0.6) is 0 Å². The molecule has 2 rings (SSSR count). The lowest BCUT2D eigenvalue weighted by molar-refractivity contribution is -0.131. The summed E-state index contributed by atoms with van der Waals surface area (Å²) >= 11 is 6.10. The molecule has 0 N–H and O–H groups in total. The Morgan fingerprint density at radius 3 is 2.53 bits per heavy atom. The lowest BCUT2D eigenvalue weighted by atomic mass is 10.1. The van der Waals surface area contributed by atoms with Crippen LogP contribution in [-0.2, 0) is 4.79 Å². The molecular formula is C14H12ClN3O. The Labute approximate surface area is 116 Å². The molecule has 1 aromatic carbocycles. The van der Waals surface area contributed by atoms with Gasteiger partial charge in [-0.1, -0.05) is 29.8 Å². The third kappa shape index (κ3) is 2.86. The molecule has 0 aliphatic heterocycles. The summed E-state index contributed by atoms with van der Waals surface area (Å²) in [6.07, 6.45) is 0.732. The Bertz CT molecular complexity index is 557. The summed E-state index contributed by atoms with van der Waals surface area (Å²) in [7, 11) is 0. The number of carbonyl (C=O) groups excluding carboxylic acids is 1. The molecule has 5 heteroatoms. The van der Waals surface area contributed by atoms with Crippen molar-refractivity contribution in [3.05, 3.63) is 34.9 Å². The van der Waals surface area contributed by atoms with E-state index in [0.717, 1.165) is 12.0 Å². The molecule has 0 saturated heterocycles. The van der Waals surface area contributed by atoms with E-state index in [1.165, 1.54) is 4.90 Å². The van der Waals surface area contributed by atoms with Gasteiger partial charge < -0.3 is 4.90 Å². The number of nitrogens with zero attached hydrogens (tertiary/aromatic N) is 3. The van der Waals surface area contributed by atoms with E-state index in [1.807, 2.05) is 30.3 Å². The summed E-state index contributed by atoms with van der Waals surface area (Å²) in [4.78, 5) is 13.5. The maximum Gasteiger partial charge on any atom is 0.228 e. The van der Waals surface area contributed by atoms with Gasteiger partial charge in [0.15, 0.2) is 0 Å². The van der Waals surface area contributed by atoms with E-state index in [0.29, 0.717) is 5.02 Å². The highest BCUT2D eigenvalue weighted by Gasteiger charge is 2.46. The van der Waals surface area contributed by atoms with Gasteiger partial charge in [0.1, 0.15) is 13.1 Å². The van der Waals surface area contributed by atoms with E-state index in [4.69, 9.17) is 22.1 Å². The topological polar surface area (TPSA) is 67.9 Å². The quantitative estimate of drug-likeness (QED) is 0.791. The van der Waals surface area contributed by atoms with Gasteiger partial charge >= 0.3 is 0 Å². The number of hydrogen-bond donors (Lipinski definition) is 0. The van der Waals surface area contributed by atoms with Gasteiger partial charge in [0.05, 0.1) is 12.1 Å². The molecule has 0 aromatic heterocycles. The van der Waals surface area contributed by atoms with Crippen molar-refractivity contribution in [3.63, 3.8) is 0 Å². The number of nitriles is 2. The maximum absolute atomic E-state index is 12.2. The second kappa shape index (κ2) is 5.73. The van der Waals surface area contributed by atoms with Crippen LogP contribution in [0.1, 0.15) is 17.9 Å². The van der Waals surface area contributed by atoms with Crippen molar-refractivity contribution in [2.45, 2.75) is 12.3 Å². The van der Waals surface area contributed by atoms with Crippen LogP contribution < -0.4 is 0 Å². The average Bonchev–Trinajstić information content (AvgIpc) is 3.18. The molecule has 1 aromatic rings. The molecule has 1 saturated carbocycles. The molecule has 0 radical (unpaired) electrons. The lowest BCUT2D eigenvalue weighted by Gasteiger charge is -2.15. The molecule has 1 fully saturated rings. The summed E-state index contributed by atoms with van der Waals surface area (Å²) in [5.74, 6) is -0.171. The van der Waals surface area contributed by atoms with Gasteiger partial charge in [-0.3, -0.25) is 4.79 Å². The zero-order valence-electron chi connectivity index (χ0n) is 10.2. The first-order valence-corrected chi connectivity index (χ1v) is 6.34. The monoisotopic (exact) mass is 273 g/mol. The zero-order chi connectivity index (χ0) is 13.8. The first-order chi connectivity index (χ1) is 9.19. The molecule has 0 bridgehead atoms. The molecule has 96 valence electrons. The first kappa shape index (κ1) is 13.4. The fourth-order valence-corrected chi connectivity index (χ4v) is 2.48. The largest absolute Gasteiger partial charge is 0.316 e. The summed E-state index contributed by atoms with van der Waals surface area (Å²) in [5, 5.41) is 18.0. The molecular weight excluding hydrogens is 262 g/mol. The first-order valence-electron chi connectivity index (χ1n) is 5.96. The Morgan fingerprint density at radius 1 is 1.32 bits per heavy atom. The van der Waals surface area contributed by atoms with Gasteiger partial charge in [0, 0.05) is 10.9 Å². The zero-order valence-corrected chi connectivity index (χ0v) is 11.0. The molecule has 0 spiro atoms. The van der Waals surface area contributed by atoms with Crippen molar-refractivity contribution in [2.24, 2.45) is 5.92 Å². The van der Waals surface area contributed by atoms with Gasteiger partial charge in [-0.15, -0.1) is 0 Å². The van der Waals surface area contributed by atoms with E-state index in [-0.39, 0.29) is 30.8 Å². The van der Waals surface area contributed by atoms with Crippen molar-refractivity contribution in [1.29, 1.82) is 10.5 Å². The number of halogens is 1. The second-order valence-electron chi connectivity index (χ2n) is 4.48. The minimum atomic E-state index is -0.151. The van der Waals surface area contributed by atoms with Gasteiger partial charge in [0.25, 0.3) is 0 Å². The standard InChI is InChI=1S/C14H12ClN3O/c15-13-4-2-1-3-10(13)11-9-12(11)14(19)18(7-5-16)8-6-17/h1-4,11-12H,7-9H2. The van der Waals surface area contributed by atoms with Crippen molar-refractivity contribution in [3.8, 4) is 12.1 Å². The van der Waals surface area contributed by atoms with Crippen molar-refractivity contribution in [1.82, 2.24) is 4.90 Å². The molecule has 2 unspecified atom stereocenters. The van der Waals surface area contributed by atoms with Crippen LogP contribution in [0.3, 0.4) is 0 Å². The third-order valence-corrected chi connectivity index (χ3v) is 3.59. The van der Waals surface area contributed by atoms with E-state index in [9.17, 15) is 4.79 Å². The highest BCUT2D eigenvalue weighted by molar-refractivity contribution is 6.31. The normalized spacial score (nSPS) is 20.2. The van der Waals surface area contributed by atoms with Crippen LogP contribution in [0.15, 0.2) is 24.3 Å². The fraction of sp³-hybridized carbons (Fsp3) is 0.357. The Balaban J connectivity index is 2.07. The molecule has 1 aliphatic rings. The minimum absolute atomic E-state index is 0.0435. The summed E-state index contributed by atoms with van der Waals surface area (Å²) in [5.41, 5.74) is 0.969. The van der Waals surface area contributed by atoms with E-state index >= 15 is 0 Å². The summed E-state index contributed by atoms with van der Waals surface area (Å²) in [6, 6.07) is 11.3. The Morgan fingerprint density at radius 2 is 1.95 bits per heavy atom. The number of carbonyl (C=O) groups is 1. The Kier molecular flexibility index (Phi) is 4.04. The van der Waals surface area contributed by atoms with Crippen molar-refractivity contribution >= 4 is 17.5 Å². The van der Waals surface area contributed by atoms with E-state index in [1.54, 1.807) is 6.07 Å². The van der Waals surface area contributed by atoms with Crippen LogP contribution in [0.4, 0.5) is 0 Å². The highest BCUT2D eigenvalue weighted by Crippen LogP contribution is 2.50. The van der Waals surface area contributed by atoms with Crippen molar-refractivity contribution < 1.29 is 4.79 Å². The highest BCUT2D eigenvalue weighted by atomic mass is 35.5. The van der Waals surface area contributed by atoms with Gasteiger partial charge in [-0.2, -0.15) is 10.5 Å². The number of amides is 1. The van der Waals surface area contributed by atoms with E-state index in [2.05, 4.69) is 0 Å². The molecule has 2 atom stereocenters. The predicted molar refractivity (Wildman–Crippen MR) is 70.1 cm³/mol. The average molecular weight is 274 g/mol. The lowest BCUT2D eigenvalue weighted by Crippen LogP contribution is -2.33. The molecule has 19 heavy (non-hydrogen) atoms. The maximum atomic E-state index is 12.2. The molecule has 1 aliphatic carbocycles. The van der Waals surface area contributed by atoms with E-state index < -0.39 is 0 Å². The van der Waals surface area contributed by atoms with Crippen LogP contribution in [-0.4, -0.2) is 23.9 Å². The third-order valence-electron chi connectivity index (χ3n) is 3.25. The second-order valence-corrected chi connectivity index (χ2v) is 4.89. The number of benzene rings is 1. The van der Waals surface area contributed by atoms with Crippen LogP contribution in [0.2, 0.25) is 5.02 Å².